The van der Waals surface area contributed by atoms with E-state index in [1.54, 1.807) is 23.9 Å². The number of ether oxygens (including phenoxy) is 2. The third-order valence-electron chi connectivity index (χ3n) is 10.2. The van der Waals surface area contributed by atoms with Gasteiger partial charge in [0.1, 0.15) is 52.4 Å². The molecule has 6 aromatic rings. The number of carbonyl (C=O) groups excluding carboxylic acids is 1. The summed E-state index contributed by atoms with van der Waals surface area (Å²) in [6.07, 6.45) is 2.51. The van der Waals surface area contributed by atoms with Gasteiger partial charge < -0.3 is 29.2 Å². The summed E-state index contributed by atoms with van der Waals surface area (Å²) < 4.78 is 44.7. The van der Waals surface area contributed by atoms with Crippen LogP contribution in [-0.4, -0.2) is 96.6 Å². The molecule has 4 aromatic heterocycles. The second-order valence-corrected chi connectivity index (χ2v) is 13.6. The van der Waals surface area contributed by atoms with E-state index in [2.05, 4.69) is 15.0 Å². The van der Waals surface area contributed by atoms with Crippen molar-refractivity contribution >= 4 is 39.6 Å². The van der Waals surface area contributed by atoms with Gasteiger partial charge in [-0.3, -0.25) is 4.79 Å². The van der Waals surface area contributed by atoms with Crippen molar-refractivity contribution in [2.45, 2.75) is 51.4 Å². The van der Waals surface area contributed by atoms with Crippen LogP contribution in [0.3, 0.4) is 0 Å². The Hall–Kier alpha value is -5.70. The SMILES string of the molecule is COc1cc(F)ccc1-n1ncc2c(N3CC4C[C@H]3C(=O)N3CCCO[C@@H](C3)Cn3c(C)nc5cc(F)cc(c53)-c3cccc(n3)N4)nc(C)nc21. The summed E-state index contributed by atoms with van der Waals surface area (Å²) in [4.78, 5) is 38.0. The van der Waals surface area contributed by atoms with E-state index in [0.717, 1.165) is 11.3 Å². The minimum Gasteiger partial charge on any atom is -0.494 e. The maximum Gasteiger partial charge on any atom is 0.245 e. The maximum absolute atomic E-state index is 15.1. The molecule has 3 aliphatic heterocycles. The Bertz CT molecular complexity index is 2380. The summed E-state index contributed by atoms with van der Waals surface area (Å²) in [7, 11) is 1.48. The molecular weight excluding hydrogens is 670 g/mol. The monoisotopic (exact) mass is 706 g/mol. The van der Waals surface area contributed by atoms with Gasteiger partial charge >= 0.3 is 0 Å². The molecule has 0 saturated carbocycles. The minimum absolute atomic E-state index is 0.0247. The van der Waals surface area contributed by atoms with Gasteiger partial charge in [0.25, 0.3) is 0 Å². The number of hydrogen-bond acceptors (Lipinski definition) is 10. The van der Waals surface area contributed by atoms with Gasteiger partial charge in [-0.15, -0.1) is 0 Å². The number of anilines is 2. The molecule has 7 heterocycles. The number of amides is 1. The Labute approximate surface area is 297 Å². The van der Waals surface area contributed by atoms with Crippen molar-refractivity contribution < 1.29 is 23.0 Å². The summed E-state index contributed by atoms with van der Waals surface area (Å²) in [5.41, 5.74) is 3.58. The fourth-order valence-electron chi connectivity index (χ4n) is 7.89. The summed E-state index contributed by atoms with van der Waals surface area (Å²) in [6.45, 7) is 5.98. The molecule has 3 aliphatic rings. The summed E-state index contributed by atoms with van der Waals surface area (Å²) >= 11 is 0. The molecule has 266 valence electrons. The Morgan fingerprint density at radius 1 is 0.981 bits per heavy atom. The highest BCUT2D eigenvalue weighted by Gasteiger charge is 2.42. The van der Waals surface area contributed by atoms with Crippen molar-refractivity contribution in [2.24, 2.45) is 0 Å². The van der Waals surface area contributed by atoms with Crippen LogP contribution in [0.25, 0.3) is 39.0 Å². The zero-order valence-electron chi connectivity index (χ0n) is 28.9. The van der Waals surface area contributed by atoms with E-state index >= 15 is 4.39 Å². The molecule has 1 amide bonds. The normalized spacial score (nSPS) is 20.5. The van der Waals surface area contributed by atoms with Crippen LogP contribution in [0.5, 0.6) is 5.75 Å². The lowest BCUT2D eigenvalue weighted by Gasteiger charge is -2.31. The summed E-state index contributed by atoms with van der Waals surface area (Å²) in [5.74, 6) is 1.84. The standard InChI is InChI=1S/C37H36F2N10O3/c1-20-41-35(27-16-40-49(36(27)42-20)30-9-8-22(38)14-32(30)51-3)48-17-24-15-31(48)37(50)46-10-5-11-52-25(18-46)19-47-21(2)43-29-13-23(39)12-26(34(29)47)28-6-4-7-33(44-24)45-28/h4,6-9,12-14,16,24-25,31H,5,10-11,15,17-19H2,1-3H3,(H,44,45)/t24?,25-,31-/m0/s1. The van der Waals surface area contributed by atoms with Crippen LogP contribution in [0.4, 0.5) is 20.4 Å². The lowest BCUT2D eigenvalue weighted by atomic mass is 10.1. The molecule has 9 rings (SSSR count). The number of pyridine rings is 1. The fraction of sp³-hybridized carbons (Fsp3) is 0.351. The largest absolute Gasteiger partial charge is 0.494 e. The molecule has 1 N–H and O–H groups in total. The van der Waals surface area contributed by atoms with E-state index in [9.17, 15) is 9.18 Å². The Kier molecular flexibility index (Phi) is 7.75. The van der Waals surface area contributed by atoms with Crippen molar-refractivity contribution in [2.75, 3.05) is 43.6 Å². The fourth-order valence-corrected chi connectivity index (χ4v) is 7.89. The first-order valence-corrected chi connectivity index (χ1v) is 17.4. The number of aromatic nitrogens is 7. The maximum atomic E-state index is 15.1. The molecule has 2 fully saturated rings. The van der Waals surface area contributed by atoms with E-state index < -0.39 is 17.7 Å². The summed E-state index contributed by atoms with van der Waals surface area (Å²) in [6, 6.07) is 12.1. The molecule has 52 heavy (non-hydrogen) atoms. The molecule has 13 nitrogen and oxygen atoms in total. The number of fused-ring (bicyclic) bond motifs is 8. The lowest BCUT2D eigenvalue weighted by Crippen LogP contribution is -2.48. The molecule has 0 spiro atoms. The van der Waals surface area contributed by atoms with Crippen molar-refractivity contribution in [1.29, 1.82) is 0 Å². The second kappa shape index (κ2) is 12.5. The number of methoxy groups -OCH3 is 1. The molecule has 0 aliphatic carbocycles. The number of rotatable bonds is 3. The van der Waals surface area contributed by atoms with Crippen LogP contribution in [0.2, 0.25) is 0 Å². The molecule has 1 unspecified atom stereocenters. The van der Waals surface area contributed by atoms with Crippen molar-refractivity contribution in [3.05, 3.63) is 78.0 Å². The van der Waals surface area contributed by atoms with E-state index in [0.29, 0.717) is 102 Å². The van der Waals surface area contributed by atoms with E-state index in [1.165, 1.54) is 31.4 Å². The van der Waals surface area contributed by atoms with Gasteiger partial charge in [0.05, 0.1) is 48.1 Å². The van der Waals surface area contributed by atoms with Gasteiger partial charge in [0.2, 0.25) is 5.91 Å². The van der Waals surface area contributed by atoms with Gasteiger partial charge in [0.15, 0.2) is 5.65 Å². The number of nitrogens with zero attached hydrogens (tertiary/aromatic N) is 9. The van der Waals surface area contributed by atoms with Crippen LogP contribution in [0.1, 0.15) is 24.5 Å². The topological polar surface area (TPSA) is 128 Å². The highest BCUT2D eigenvalue weighted by atomic mass is 19.1. The molecule has 2 saturated heterocycles. The van der Waals surface area contributed by atoms with Gasteiger partial charge in [-0.1, -0.05) is 6.07 Å². The number of imidazole rings is 1. The van der Waals surface area contributed by atoms with Gasteiger partial charge in [-0.25, -0.2) is 33.4 Å². The zero-order valence-corrected chi connectivity index (χ0v) is 28.9. The molecule has 6 bridgehead atoms. The quantitative estimate of drug-likeness (QED) is 0.274. The number of hydrogen-bond donors (Lipinski definition) is 1. The number of halogens is 2. The Balaban J connectivity index is 1.17. The molecule has 3 atom stereocenters. The van der Waals surface area contributed by atoms with Crippen LogP contribution < -0.4 is 15.0 Å². The van der Waals surface area contributed by atoms with Crippen LogP contribution in [0, 0.1) is 25.5 Å². The molecule has 15 heteroatoms. The van der Waals surface area contributed by atoms with Crippen LogP contribution in [-0.2, 0) is 16.1 Å². The number of benzene rings is 2. The minimum atomic E-state index is -0.571. The second-order valence-electron chi connectivity index (χ2n) is 13.6. The predicted octanol–water partition coefficient (Wildman–Crippen LogP) is 4.82. The average Bonchev–Trinajstić information content (AvgIpc) is 3.77. The highest BCUT2D eigenvalue weighted by Crippen LogP contribution is 2.36. The smallest absolute Gasteiger partial charge is 0.245 e. The van der Waals surface area contributed by atoms with E-state index in [1.807, 2.05) is 34.9 Å². The first-order valence-electron chi connectivity index (χ1n) is 17.4. The molecule has 2 aromatic carbocycles. The zero-order chi connectivity index (χ0) is 35.7. The predicted molar refractivity (Wildman–Crippen MR) is 190 cm³/mol. The first kappa shape index (κ1) is 32.2. The van der Waals surface area contributed by atoms with E-state index in [-0.39, 0.29) is 18.1 Å². The Morgan fingerprint density at radius 3 is 2.73 bits per heavy atom. The first-order chi connectivity index (χ1) is 25.2. The van der Waals surface area contributed by atoms with Gasteiger partial charge in [0, 0.05) is 50.0 Å². The molecule has 0 radical (unpaired) electrons. The highest BCUT2D eigenvalue weighted by molar-refractivity contribution is 5.94. The molecular formula is C37H36F2N10O3. The third kappa shape index (κ3) is 5.46. The average molecular weight is 707 g/mol. The Morgan fingerprint density at radius 2 is 1.87 bits per heavy atom. The van der Waals surface area contributed by atoms with Crippen LogP contribution in [0.15, 0.2) is 54.7 Å². The number of carbonyl (C=O) groups is 1. The lowest BCUT2D eigenvalue weighted by molar-refractivity contribution is -0.133. The number of nitrogens with one attached hydrogen (secondary N) is 1. The van der Waals surface area contributed by atoms with Crippen molar-refractivity contribution in [1.82, 2.24) is 39.2 Å². The van der Waals surface area contributed by atoms with Crippen molar-refractivity contribution in [3.63, 3.8) is 0 Å². The van der Waals surface area contributed by atoms with E-state index in [4.69, 9.17) is 29.4 Å². The van der Waals surface area contributed by atoms with Gasteiger partial charge in [-0.05, 0) is 57.0 Å². The number of aryl methyl sites for hydroxylation is 2. The van der Waals surface area contributed by atoms with Crippen molar-refractivity contribution in [3.8, 4) is 22.7 Å². The van der Waals surface area contributed by atoms with Crippen LogP contribution >= 0.6 is 0 Å². The summed E-state index contributed by atoms with van der Waals surface area (Å²) in [5, 5.41) is 8.86. The third-order valence-corrected chi connectivity index (χ3v) is 10.2. The van der Waals surface area contributed by atoms with Gasteiger partial charge in [-0.2, -0.15) is 5.10 Å².